The van der Waals surface area contributed by atoms with Crippen LogP contribution in [0.4, 0.5) is 0 Å². The van der Waals surface area contributed by atoms with Crippen LogP contribution >= 0.6 is 7.60 Å². The minimum absolute atomic E-state index is 0.205. The molecule has 0 aliphatic heterocycles. The van der Waals surface area contributed by atoms with Crippen LogP contribution in [0.1, 0.15) is 13.8 Å². The summed E-state index contributed by atoms with van der Waals surface area (Å²) in [7, 11) is -3.57. The normalized spacial score (nSPS) is 17.0. The molecule has 1 unspecified atom stereocenters. The highest BCUT2D eigenvalue weighted by Crippen LogP contribution is 2.40. The summed E-state index contributed by atoms with van der Waals surface area (Å²) < 4.78 is 15.7. The van der Waals surface area contributed by atoms with Gasteiger partial charge in [0.1, 0.15) is 0 Å². The van der Waals surface area contributed by atoms with E-state index in [1.807, 2.05) is 13.8 Å². The Morgan fingerprint density at radius 2 is 2.25 bits per heavy atom. The van der Waals surface area contributed by atoms with Gasteiger partial charge in [-0.05, 0) is 5.92 Å². The lowest BCUT2D eigenvalue weighted by Gasteiger charge is -2.10. The fourth-order valence-corrected chi connectivity index (χ4v) is 1.37. The number of hydrogen-bond donors (Lipinski definition) is 2. The maximum Gasteiger partial charge on any atom is 0.333 e. The van der Waals surface area contributed by atoms with E-state index in [4.69, 9.17) is 14.6 Å². The Bertz CT molecular complexity index is 192. The van der Waals surface area contributed by atoms with Gasteiger partial charge in [0.25, 0.3) is 0 Å². The minimum Gasteiger partial charge on any atom is -0.411 e. The summed E-state index contributed by atoms with van der Waals surface area (Å²) in [5.41, 5.74) is 0. The third-order valence-electron chi connectivity index (χ3n) is 1.00. The van der Waals surface area contributed by atoms with E-state index in [0.717, 1.165) is 6.21 Å². The summed E-state index contributed by atoms with van der Waals surface area (Å²) in [5.74, 6) is 0.205. The van der Waals surface area contributed by atoms with E-state index in [9.17, 15) is 4.57 Å². The lowest BCUT2D eigenvalue weighted by atomic mass is 10.2. The number of nitrogens with zero attached hydrogens (tertiary/aromatic N) is 1. The Hall–Kier alpha value is -0.380. The minimum atomic E-state index is -3.57. The summed E-state index contributed by atoms with van der Waals surface area (Å²) in [6.07, 6.45) is 0.692. The van der Waals surface area contributed by atoms with Crippen molar-refractivity contribution in [1.29, 1.82) is 0 Å². The Morgan fingerprint density at radius 1 is 1.67 bits per heavy atom. The van der Waals surface area contributed by atoms with Crippen LogP contribution in [0.2, 0.25) is 0 Å². The van der Waals surface area contributed by atoms with Gasteiger partial charge < -0.3 is 14.6 Å². The van der Waals surface area contributed by atoms with Gasteiger partial charge in [0.2, 0.25) is 0 Å². The van der Waals surface area contributed by atoms with Crippen molar-refractivity contribution in [3.8, 4) is 0 Å². The molecule has 0 saturated carbocycles. The first-order chi connectivity index (χ1) is 5.48. The van der Waals surface area contributed by atoms with Gasteiger partial charge in [-0.1, -0.05) is 13.8 Å². The van der Waals surface area contributed by atoms with Crippen molar-refractivity contribution >= 4 is 13.8 Å². The predicted octanol–water partition coefficient (Wildman–Crippen LogP) is 1.30. The molecule has 0 rings (SSSR count). The first-order valence-electron chi connectivity index (χ1n) is 3.60. The van der Waals surface area contributed by atoms with E-state index in [2.05, 4.69) is 5.16 Å². The van der Waals surface area contributed by atoms with Crippen molar-refractivity contribution in [2.24, 2.45) is 11.1 Å². The second-order valence-electron chi connectivity index (χ2n) is 2.81. The summed E-state index contributed by atoms with van der Waals surface area (Å²) in [6.45, 7) is 3.98. The summed E-state index contributed by atoms with van der Waals surface area (Å²) in [6, 6.07) is 0. The highest BCUT2D eigenvalue weighted by Gasteiger charge is 2.17. The monoisotopic (exact) mass is 195 g/mol. The smallest absolute Gasteiger partial charge is 0.333 e. The first kappa shape index (κ1) is 11.6. The molecule has 2 N–H and O–H groups in total. The van der Waals surface area contributed by atoms with Gasteiger partial charge in [0, 0.05) is 0 Å². The molecule has 6 heteroatoms. The topological polar surface area (TPSA) is 79.1 Å². The molecule has 0 aromatic heterocycles. The van der Waals surface area contributed by atoms with E-state index in [1.54, 1.807) is 0 Å². The molecular formula is C6H14NO4P. The fourth-order valence-electron chi connectivity index (χ4n) is 0.458. The number of hydrogen-bond acceptors (Lipinski definition) is 4. The van der Waals surface area contributed by atoms with Crippen molar-refractivity contribution in [2.75, 3.05) is 12.8 Å². The molecule has 5 nitrogen and oxygen atoms in total. The zero-order chi connectivity index (χ0) is 9.61. The molecule has 12 heavy (non-hydrogen) atoms. The van der Waals surface area contributed by atoms with Crippen LogP contribution in [0, 0.1) is 5.92 Å². The van der Waals surface area contributed by atoms with E-state index in [-0.39, 0.29) is 18.7 Å². The molecule has 0 radical (unpaired) electrons. The Kier molecular flexibility index (Phi) is 5.13. The molecule has 0 bridgehead atoms. The SMILES string of the molecule is CC(C)COP(=O)(O)CC=NO. The number of rotatable bonds is 5. The van der Waals surface area contributed by atoms with Gasteiger partial charge in [-0.2, -0.15) is 0 Å². The Balaban J connectivity index is 3.79. The maximum atomic E-state index is 11.0. The molecule has 1 atom stereocenters. The highest BCUT2D eigenvalue weighted by molar-refractivity contribution is 7.53. The standard InChI is InChI=1S/C6H14NO4P/c1-6(2)5-11-12(9,10)4-3-7-8/h3,6,8H,4-5H2,1-2H3,(H,9,10). The van der Waals surface area contributed by atoms with Gasteiger partial charge in [0.15, 0.2) is 0 Å². The van der Waals surface area contributed by atoms with Crippen molar-refractivity contribution in [3.05, 3.63) is 0 Å². The largest absolute Gasteiger partial charge is 0.411 e. The Labute approximate surface area is 71.6 Å². The van der Waals surface area contributed by atoms with E-state index in [1.165, 1.54) is 0 Å². The van der Waals surface area contributed by atoms with E-state index >= 15 is 0 Å². The van der Waals surface area contributed by atoms with E-state index < -0.39 is 7.60 Å². The fraction of sp³-hybridized carbons (Fsp3) is 0.833. The van der Waals surface area contributed by atoms with Gasteiger partial charge in [-0.15, -0.1) is 5.16 Å². The molecule has 0 amide bonds. The van der Waals surface area contributed by atoms with Crippen molar-refractivity contribution in [1.82, 2.24) is 0 Å². The van der Waals surface area contributed by atoms with E-state index in [0.29, 0.717) is 0 Å². The molecule has 0 saturated heterocycles. The lowest BCUT2D eigenvalue weighted by molar-refractivity contribution is 0.232. The first-order valence-corrected chi connectivity index (χ1v) is 5.36. The van der Waals surface area contributed by atoms with Crippen LogP contribution in [0.5, 0.6) is 0 Å². The second kappa shape index (κ2) is 5.30. The van der Waals surface area contributed by atoms with Crippen LogP contribution in [-0.2, 0) is 9.09 Å². The summed E-state index contributed by atoms with van der Waals surface area (Å²) >= 11 is 0. The molecule has 0 heterocycles. The Morgan fingerprint density at radius 3 is 2.67 bits per heavy atom. The zero-order valence-corrected chi connectivity index (χ0v) is 8.07. The predicted molar refractivity (Wildman–Crippen MR) is 45.8 cm³/mol. The zero-order valence-electron chi connectivity index (χ0n) is 7.17. The van der Waals surface area contributed by atoms with Gasteiger partial charge in [-0.3, -0.25) is 4.57 Å². The van der Waals surface area contributed by atoms with Gasteiger partial charge >= 0.3 is 7.60 Å². The van der Waals surface area contributed by atoms with Crippen LogP contribution < -0.4 is 0 Å². The molecule has 0 aliphatic carbocycles. The summed E-state index contributed by atoms with van der Waals surface area (Å²) in [4.78, 5) is 9.03. The van der Waals surface area contributed by atoms with Crippen LogP contribution in [0.3, 0.4) is 0 Å². The van der Waals surface area contributed by atoms with Crippen molar-refractivity contribution < 1.29 is 19.2 Å². The average molecular weight is 195 g/mol. The third-order valence-corrected chi connectivity index (χ3v) is 2.18. The quantitative estimate of drug-likeness (QED) is 0.300. The van der Waals surface area contributed by atoms with Crippen molar-refractivity contribution in [2.45, 2.75) is 13.8 Å². The molecule has 0 spiro atoms. The molecule has 0 fully saturated rings. The average Bonchev–Trinajstić information content (AvgIpc) is 1.98. The third kappa shape index (κ3) is 6.34. The van der Waals surface area contributed by atoms with Crippen molar-refractivity contribution in [3.63, 3.8) is 0 Å². The van der Waals surface area contributed by atoms with Crippen LogP contribution in [0.25, 0.3) is 0 Å². The van der Waals surface area contributed by atoms with Gasteiger partial charge in [-0.25, -0.2) is 0 Å². The second-order valence-corrected chi connectivity index (χ2v) is 4.71. The molecule has 0 aromatic rings. The highest BCUT2D eigenvalue weighted by atomic mass is 31.2. The summed E-state index contributed by atoms with van der Waals surface area (Å²) in [5, 5.41) is 10.6. The van der Waals surface area contributed by atoms with Crippen LogP contribution in [0.15, 0.2) is 5.16 Å². The maximum absolute atomic E-state index is 11.0. The number of oxime groups is 1. The molecule has 72 valence electrons. The molecule has 0 aliphatic rings. The van der Waals surface area contributed by atoms with Gasteiger partial charge in [0.05, 0.1) is 19.0 Å². The lowest BCUT2D eigenvalue weighted by Crippen LogP contribution is -2.02. The molecular weight excluding hydrogens is 181 g/mol. The van der Waals surface area contributed by atoms with Crippen LogP contribution in [-0.4, -0.2) is 29.1 Å². The molecule has 0 aromatic carbocycles.